The minimum Gasteiger partial charge on any atom is -0.462 e. The number of hydrogen-bond acceptors (Lipinski definition) is 5. The van der Waals surface area contributed by atoms with Gasteiger partial charge in [-0.3, -0.25) is 9.59 Å². The topological polar surface area (TPSA) is 72.8 Å². The summed E-state index contributed by atoms with van der Waals surface area (Å²) < 4.78 is 10.6. The summed E-state index contributed by atoms with van der Waals surface area (Å²) in [7, 11) is 0. The Hall–Kier alpha value is -2.14. The lowest BCUT2D eigenvalue weighted by atomic mass is 10.0. The van der Waals surface area contributed by atoms with Gasteiger partial charge in [0.25, 0.3) is 0 Å². The molecule has 0 aliphatic carbocycles. The molecular weight excluding hydrogens is 560 g/mol. The average Bonchev–Trinajstić information content (AvgIpc) is 3.04. The van der Waals surface area contributed by atoms with Crippen LogP contribution in [0.5, 0.6) is 0 Å². The molecule has 0 rings (SSSR count). The molecule has 0 bridgehead atoms. The number of allylic oxidation sites excluding steroid dienone is 8. The Kier molecular flexibility index (Phi) is 34.6. The maximum atomic E-state index is 12.1. The molecule has 1 atom stereocenters. The van der Waals surface area contributed by atoms with Crippen LogP contribution in [0.1, 0.15) is 174 Å². The lowest BCUT2D eigenvalue weighted by molar-refractivity contribution is -0.161. The first kappa shape index (κ1) is 42.9. The van der Waals surface area contributed by atoms with E-state index >= 15 is 0 Å². The van der Waals surface area contributed by atoms with Gasteiger partial charge in [0.05, 0.1) is 6.61 Å². The van der Waals surface area contributed by atoms with Crippen molar-refractivity contribution in [2.75, 3.05) is 13.2 Å². The van der Waals surface area contributed by atoms with Crippen molar-refractivity contribution in [2.45, 2.75) is 180 Å². The van der Waals surface area contributed by atoms with Gasteiger partial charge in [-0.05, 0) is 57.8 Å². The van der Waals surface area contributed by atoms with Crippen LogP contribution in [0.3, 0.4) is 0 Å². The van der Waals surface area contributed by atoms with Crippen molar-refractivity contribution in [1.82, 2.24) is 0 Å². The number of rotatable bonds is 33. The summed E-state index contributed by atoms with van der Waals surface area (Å²) in [5.41, 5.74) is 0. The molecular formula is C40H70O5. The molecule has 0 aliphatic heterocycles. The molecule has 0 fully saturated rings. The van der Waals surface area contributed by atoms with Crippen LogP contribution in [0.15, 0.2) is 48.6 Å². The molecule has 0 spiro atoms. The molecule has 0 aromatic heterocycles. The van der Waals surface area contributed by atoms with Gasteiger partial charge in [0.15, 0.2) is 6.10 Å². The lowest BCUT2D eigenvalue weighted by Gasteiger charge is -2.15. The van der Waals surface area contributed by atoms with E-state index in [-0.39, 0.29) is 25.2 Å². The largest absolute Gasteiger partial charge is 0.462 e. The fourth-order valence-electron chi connectivity index (χ4n) is 5.01. The van der Waals surface area contributed by atoms with Gasteiger partial charge in [0.1, 0.15) is 6.61 Å². The Morgan fingerprint density at radius 2 is 0.889 bits per heavy atom. The smallest absolute Gasteiger partial charge is 0.306 e. The van der Waals surface area contributed by atoms with E-state index in [9.17, 15) is 14.7 Å². The van der Waals surface area contributed by atoms with E-state index in [4.69, 9.17) is 9.47 Å². The van der Waals surface area contributed by atoms with E-state index < -0.39 is 6.10 Å². The van der Waals surface area contributed by atoms with Gasteiger partial charge in [-0.15, -0.1) is 0 Å². The Bertz CT molecular complexity index is 767. The highest BCUT2D eigenvalue weighted by molar-refractivity contribution is 5.70. The summed E-state index contributed by atoms with van der Waals surface area (Å²) in [6, 6.07) is 0. The van der Waals surface area contributed by atoms with Gasteiger partial charge < -0.3 is 14.6 Å². The molecule has 0 aromatic carbocycles. The van der Waals surface area contributed by atoms with Crippen LogP contribution in [0.4, 0.5) is 0 Å². The molecule has 0 saturated carbocycles. The summed E-state index contributed by atoms with van der Waals surface area (Å²) in [6.07, 6.45) is 44.5. The molecule has 0 saturated heterocycles. The normalized spacial score (nSPS) is 12.7. The molecule has 0 amide bonds. The zero-order valence-electron chi connectivity index (χ0n) is 29.4. The minimum atomic E-state index is -0.781. The van der Waals surface area contributed by atoms with Gasteiger partial charge >= 0.3 is 11.9 Å². The average molecular weight is 631 g/mol. The van der Waals surface area contributed by atoms with Crippen LogP contribution in [0, 0.1) is 0 Å². The first-order valence-electron chi connectivity index (χ1n) is 18.7. The van der Waals surface area contributed by atoms with Crippen molar-refractivity contribution in [3.63, 3.8) is 0 Å². The molecule has 0 heterocycles. The number of hydrogen-bond donors (Lipinski definition) is 1. The predicted molar refractivity (Wildman–Crippen MR) is 191 cm³/mol. The van der Waals surface area contributed by atoms with Crippen molar-refractivity contribution >= 4 is 11.9 Å². The van der Waals surface area contributed by atoms with Crippen molar-refractivity contribution in [1.29, 1.82) is 0 Å². The molecule has 1 N–H and O–H groups in total. The highest BCUT2D eigenvalue weighted by atomic mass is 16.6. The van der Waals surface area contributed by atoms with Gasteiger partial charge in [0.2, 0.25) is 0 Å². The Morgan fingerprint density at radius 3 is 1.38 bits per heavy atom. The van der Waals surface area contributed by atoms with Gasteiger partial charge in [-0.1, -0.05) is 152 Å². The molecule has 5 nitrogen and oxygen atoms in total. The Labute approximate surface area is 278 Å². The number of unbranched alkanes of at least 4 members (excludes halogenated alkanes) is 17. The van der Waals surface area contributed by atoms with Crippen LogP contribution in [0.25, 0.3) is 0 Å². The Balaban J connectivity index is 3.65. The van der Waals surface area contributed by atoms with E-state index in [0.717, 1.165) is 64.2 Å². The monoisotopic (exact) mass is 631 g/mol. The standard InChI is InChI=1S/C40H70O5/c1-3-5-7-9-11-13-15-17-18-19-20-21-22-23-25-26-28-30-32-34-39(42)44-37-38(36-41)45-40(43)35-33-31-29-27-24-16-14-12-10-8-6-4-2/h11,13,17-18,20-21,23,25,38,41H,3-10,12,14-16,19,22,24,26-37H2,1-2H3/b13-11+,18-17+,21-20+,25-23+/t38-/m0/s1. The molecule has 0 unspecified atom stereocenters. The lowest BCUT2D eigenvalue weighted by Crippen LogP contribution is -2.28. The quantitative estimate of drug-likeness (QED) is 0.0444. The van der Waals surface area contributed by atoms with Crippen molar-refractivity contribution in [2.24, 2.45) is 0 Å². The van der Waals surface area contributed by atoms with Crippen LogP contribution < -0.4 is 0 Å². The van der Waals surface area contributed by atoms with E-state index in [2.05, 4.69) is 62.5 Å². The maximum Gasteiger partial charge on any atom is 0.306 e. The van der Waals surface area contributed by atoms with Gasteiger partial charge in [-0.2, -0.15) is 0 Å². The zero-order valence-corrected chi connectivity index (χ0v) is 29.4. The predicted octanol–water partition coefficient (Wildman–Crippen LogP) is 11.5. The highest BCUT2D eigenvalue weighted by Crippen LogP contribution is 2.13. The Morgan fingerprint density at radius 1 is 0.511 bits per heavy atom. The summed E-state index contributed by atoms with van der Waals surface area (Å²) in [5.74, 6) is -0.628. The fourth-order valence-corrected chi connectivity index (χ4v) is 5.01. The summed E-state index contributed by atoms with van der Waals surface area (Å²) >= 11 is 0. The number of esters is 2. The fraction of sp³-hybridized carbons (Fsp3) is 0.750. The molecule has 0 aromatic rings. The third kappa shape index (κ3) is 34.6. The first-order chi connectivity index (χ1) is 22.1. The van der Waals surface area contributed by atoms with Crippen LogP contribution in [-0.4, -0.2) is 36.4 Å². The van der Waals surface area contributed by atoms with Crippen LogP contribution >= 0.6 is 0 Å². The second-order valence-electron chi connectivity index (χ2n) is 12.3. The van der Waals surface area contributed by atoms with Gasteiger partial charge in [-0.25, -0.2) is 0 Å². The first-order valence-corrected chi connectivity index (χ1v) is 18.7. The number of carbonyl (C=O) groups is 2. The van der Waals surface area contributed by atoms with Crippen molar-refractivity contribution in [3.8, 4) is 0 Å². The van der Waals surface area contributed by atoms with Crippen LogP contribution in [0.2, 0.25) is 0 Å². The SMILES string of the molecule is CCCCC/C=C/C/C=C/C/C=C/C/C=C/CCCCCC(=O)OC[C@H](CO)OC(=O)CCCCCCCCCCCCCC. The highest BCUT2D eigenvalue weighted by Gasteiger charge is 2.16. The second-order valence-corrected chi connectivity index (χ2v) is 12.3. The van der Waals surface area contributed by atoms with Crippen molar-refractivity contribution in [3.05, 3.63) is 48.6 Å². The van der Waals surface area contributed by atoms with E-state index in [1.54, 1.807) is 0 Å². The van der Waals surface area contributed by atoms with E-state index in [1.807, 2.05) is 0 Å². The number of aliphatic hydroxyl groups excluding tert-OH is 1. The maximum absolute atomic E-state index is 12.1. The molecule has 0 radical (unpaired) electrons. The zero-order chi connectivity index (χ0) is 32.9. The summed E-state index contributed by atoms with van der Waals surface area (Å²) in [6.45, 7) is 4.07. The van der Waals surface area contributed by atoms with Crippen LogP contribution in [-0.2, 0) is 19.1 Å². The number of carbonyl (C=O) groups excluding carboxylic acids is 2. The third-order valence-electron chi connectivity index (χ3n) is 7.88. The summed E-state index contributed by atoms with van der Waals surface area (Å²) in [5, 5.41) is 9.52. The van der Waals surface area contributed by atoms with Crippen molar-refractivity contribution < 1.29 is 24.2 Å². The second kappa shape index (κ2) is 36.3. The molecule has 0 aliphatic rings. The third-order valence-corrected chi connectivity index (χ3v) is 7.88. The number of ether oxygens (including phenoxy) is 2. The minimum absolute atomic E-state index is 0.0816. The molecule has 45 heavy (non-hydrogen) atoms. The molecule has 5 heteroatoms. The van der Waals surface area contributed by atoms with E-state index in [1.165, 1.54) is 83.5 Å². The number of aliphatic hydroxyl groups is 1. The summed E-state index contributed by atoms with van der Waals surface area (Å²) in [4.78, 5) is 24.2. The molecule has 260 valence electrons. The van der Waals surface area contributed by atoms with E-state index in [0.29, 0.717) is 12.8 Å². The van der Waals surface area contributed by atoms with Gasteiger partial charge in [0, 0.05) is 12.8 Å².